The molecule has 4 aromatic rings. The zero-order chi connectivity index (χ0) is 27.8. The summed E-state index contributed by atoms with van der Waals surface area (Å²) in [4.78, 5) is 13.8. The molecule has 0 bridgehead atoms. The number of likely N-dealkylation sites (tertiary alicyclic amines) is 1. The average molecular weight is 543 g/mol. The second-order valence-electron chi connectivity index (χ2n) is 11.0. The lowest BCUT2D eigenvalue weighted by Crippen LogP contribution is -2.31. The lowest BCUT2D eigenvalue weighted by molar-refractivity contribution is 0.161. The van der Waals surface area contributed by atoms with E-state index >= 15 is 4.39 Å². The highest BCUT2D eigenvalue weighted by atomic mass is 19.1. The van der Waals surface area contributed by atoms with Crippen LogP contribution in [0.25, 0.3) is 38.9 Å². The van der Waals surface area contributed by atoms with E-state index in [1.807, 2.05) is 30.3 Å². The first-order valence-electron chi connectivity index (χ1n) is 14.1. The average Bonchev–Trinajstić information content (AvgIpc) is 3.24. The Balaban J connectivity index is 1.54. The molecule has 208 valence electrons. The van der Waals surface area contributed by atoms with Crippen LogP contribution in [0.15, 0.2) is 49.0 Å². The van der Waals surface area contributed by atoms with E-state index in [2.05, 4.69) is 28.4 Å². The van der Waals surface area contributed by atoms with Crippen LogP contribution in [0.1, 0.15) is 37.7 Å². The fourth-order valence-corrected chi connectivity index (χ4v) is 6.10. The number of anilines is 1. The number of nitrogens with zero attached hydrogens (tertiary/aromatic N) is 4. The van der Waals surface area contributed by atoms with Crippen LogP contribution in [-0.2, 0) is 0 Å². The van der Waals surface area contributed by atoms with Crippen molar-refractivity contribution in [3.63, 3.8) is 0 Å². The molecular formula is C32H35FN4O3. The van der Waals surface area contributed by atoms with Gasteiger partial charge in [-0.2, -0.15) is 9.97 Å². The maximum Gasteiger partial charge on any atom is 0.319 e. The summed E-state index contributed by atoms with van der Waals surface area (Å²) in [6.07, 6.45) is 5.55. The van der Waals surface area contributed by atoms with Gasteiger partial charge in [0.15, 0.2) is 5.82 Å². The minimum Gasteiger partial charge on any atom is -0.508 e. The number of fused-ring (bicyclic) bond motifs is 2. The number of aromatic nitrogens is 2. The Bertz CT molecular complexity index is 1580. The smallest absolute Gasteiger partial charge is 0.319 e. The van der Waals surface area contributed by atoms with Gasteiger partial charge in [-0.1, -0.05) is 36.9 Å². The molecule has 2 saturated heterocycles. The summed E-state index contributed by atoms with van der Waals surface area (Å²) in [7, 11) is 2.08. The molecular weight excluding hydrogens is 507 g/mol. The molecule has 40 heavy (non-hydrogen) atoms. The van der Waals surface area contributed by atoms with Crippen LogP contribution < -0.4 is 9.64 Å². The molecule has 1 unspecified atom stereocenters. The Kier molecular flexibility index (Phi) is 7.29. The van der Waals surface area contributed by atoms with Crippen LogP contribution in [0.2, 0.25) is 0 Å². The number of phenolic OH excluding ortho intramolecular Hbond substituents is 1. The number of hydrogen-bond donors (Lipinski definition) is 2. The van der Waals surface area contributed by atoms with Crippen molar-refractivity contribution in [2.75, 3.05) is 38.2 Å². The molecule has 6 rings (SSSR count). The SMILES string of the molecule is C=Cc1cc2c(N3CCCC(O)CC3)nc(OC[C@@H]3CCCN3C)nc2c(F)c1-c1cc(O)cc2ccccc12. The van der Waals surface area contributed by atoms with Gasteiger partial charge in [-0.3, -0.25) is 0 Å². The fraction of sp³-hybridized carbons (Fsp3) is 0.375. The van der Waals surface area contributed by atoms with Gasteiger partial charge < -0.3 is 24.7 Å². The quantitative estimate of drug-likeness (QED) is 0.321. The first-order valence-corrected chi connectivity index (χ1v) is 14.1. The standard InChI is InChI=1S/C32H35FN4O3/c1-3-20-17-27-30(29(33)28(20)26-18-24(39)16-21-8-4-5-11-25(21)26)34-32(40-19-22-9-6-13-36(22)2)35-31(27)37-14-7-10-23(38)12-15-37/h3-5,8,11,16-18,22-23,38-39H,1,6-7,9-10,12-15,19H2,2H3/t22-,23?/m0/s1. The van der Waals surface area contributed by atoms with Crippen LogP contribution in [0, 0.1) is 5.82 Å². The van der Waals surface area contributed by atoms with Crippen molar-refractivity contribution in [3.8, 4) is 22.9 Å². The minimum atomic E-state index is -0.510. The molecule has 0 saturated carbocycles. The molecule has 0 spiro atoms. The first-order chi connectivity index (χ1) is 19.4. The number of halogens is 1. The Morgan fingerprint density at radius 2 is 1.88 bits per heavy atom. The predicted octanol–water partition coefficient (Wildman–Crippen LogP) is 5.76. The molecule has 3 aromatic carbocycles. The van der Waals surface area contributed by atoms with Crippen LogP contribution in [0.4, 0.5) is 10.2 Å². The number of likely N-dealkylation sites (N-methyl/N-ethyl adjacent to an activating group) is 1. The Morgan fingerprint density at radius 3 is 2.67 bits per heavy atom. The molecule has 2 N–H and O–H groups in total. The molecule has 0 amide bonds. The molecule has 0 radical (unpaired) electrons. The van der Waals surface area contributed by atoms with Crippen molar-refractivity contribution in [1.82, 2.24) is 14.9 Å². The second-order valence-corrected chi connectivity index (χ2v) is 11.0. The normalized spacial score (nSPS) is 20.2. The fourth-order valence-electron chi connectivity index (χ4n) is 6.10. The summed E-state index contributed by atoms with van der Waals surface area (Å²) in [6.45, 7) is 6.73. The van der Waals surface area contributed by atoms with Gasteiger partial charge in [0.1, 0.15) is 23.7 Å². The van der Waals surface area contributed by atoms with Gasteiger partial charge in [0.2, 0.25) is 0 Å². The molecule has 2 aliphatic rings. The van der Waals surface area contributed by atoms with E-state index in [9.17, 15) is 10.2 Å². The number of rotatable bonds is 6. The summed E-state index contributed by atoms with van der Waals surface area (Å²) in [5, 5.41) is 23.0. The van der Waals surface area contributed by atoms with Gasteiger partial charge in [-0.05, 0) is 85.8 Å². The molecule has 2 aliphatic heterocycles. The van der Waals surface area contributed by atoms with Gasteiger partial charge >= 0.3 is 6.01 Å². The van der Waals surface area contributed by atoms with Crippen molar-refractivity contribution < 1.29 is 19.3 Å². The summed E-state index contributed by atoms with van der Waals surface area (Å²) >= 11 is 0. The Morgan fingerprint density at radius 1 is 1.05 bits per heavy atom. The van der Waals surface area contributed by atoms with Crippen LogP contribution >= 0.6 is 0 Å². The monoisotopic (exact) mass is 542 g/mol. The molecule has 3 heterocycles. The number of aliphatic hydroxyl groups is 1. The van der Waals surface area contributed by atoms with E-state index < -0.39 is 5.82 Å². The number of aromatic hydroxyl groups is 1. The van der Waals surface area contributed by atoms with Gasteiger partial charge in [-0.15, -0.1) is 0 Å². The van der Waals surface area contributed by atoms with Crippen molar-refractivity contribution in [1.29, 1.82) is 0 Å². The summed E-state index contributed by atoms with van der Waals surface area (Å²) in [5.41, 5.74) is 1.64. The van der Waals surface area contributed by atoms with Gasteiger partial charge in [0.05, 0.1) is 6.10 Å². The van der Waals surface area contributed by atoms with E-state index in [0.29, 0.717) is 54.0 Å². The van der Waals surface area contributed by atoms with Crippen LogP contribution in [-0.4, -0.2) is 70.5 Å². The molecule has 2 atom stereocenters. The number of phenols is 1. The number of aliphatic hydroxyl groups excluding tert-OH is 1. The molecule has 0 aliphatic carbocycles. The summed E-state index contributed by atoms with van der Waals surface area (Å²) in [5.74, 6) is 0.145. The molecule has 1 aromatic heterocycles. The second kappa shape index (κ2) is 11.0. The van der Waals surface area contributed by atoms with Crippen molar-refractivity contribution in [2.45, 2.75) is 44.2 Å². The largest absolute Gasteiger partial charge is 0.508 e. The van der Waals surface area contributed by atoms with E-state index in [-0.39, 0.29) is 29.4 Å². The lowest BCUT2D eigenvalue weighted by atomic mass is 9.92. The molecule has 8 heteroatoms. The number of ether oxygens (including phenoxy) is 1. The van der Waals surface area contributed by atoms with Crippen molar-refractivity contribution in [3.05, 3.63) is 60.4 Å². The Labute approximate surface area is 233 Å². The number of hydrogen-bond acceptors (Lipinski definition) is 7. The van der Waals surface area contributed by atoms with Crippen molar-refractivity contribution in [2.24, 2.45) is 0 Å². The molecule has 7 nitrogen and oxygen atoms in total. The van der Waals surface area contributed by atoms with E-state index in [1.165, 1.54) is 0 Å². The third-order valence-electron chi connectivity index (χ3n) is 8.33. The molecule has 2 fully saturated rings. The highest BCUT2D eigenvalue weighted by molar-refractivity contribution is 6.04. The topological polar surface area (TPSA) is 82.0 Å². The minimum absolute atomic E-state index is 0.0550. The highest BCUT2D eigenvalue weighted by Crippen LogP contribution is 2.41. The number of benzene rings is 3. The van der Waals surface area contributed by atoms with E-state index in [0.717, 1.165) is 43.0 Å². The third kappa shape index (κ3) is 4.97. The maximum atomic E-state index is 16.8. The summed E-state index contributed by atoms with van der Waals surface area (Å²) in [6, 6.07) is 13.1. The zero-order valence-corrected chi connectivity index (χ0v) is 22.8. The van der Waals surface area contributed by atoms with Gasteiger partial charge in [0.25, 0.3) is 0 Å². The van der Waals surface area contributed by atoms with Crippen LogP contribution in [0.5, 0.6) is 11.8 Å². The third-order valence-corrected chi connectivity index (χ3v) is 8.33. The van der Waals surface area contributed by atoms with Gasteiger partial charge in [-0.25, -0.2) is 4.39 Å². The van der Waals surface area contributed by atoms with Crippen molar-refractivity contribution >= 4 is 33.6 Å². The first kappa shape index (κ1) is 26.5. The Hall–Kier alpha value is -3.75. The lowest BCUT2D eigenvalue weighted by Gasteiger charge is -2.25. The predicted molar refractivity (Wildman–Crippen MR) is 157 cm³/mol. The zero-order valence-electron chi connectivity index (χ0n) is 22.8. The maximum absolute atomic E-state index is 16.8. The van der Waals surface area contributed by atoms with Gasteiger partial charge in [0, 0.05) is 30.1 Å². The van der Waals surface area contributed by atoms with E-state index in [1.54, 1.807) is 18.2 Å². The van der Waals surface area contributed by atoms with Crippen LogP contribution in [0.3, 0.4) is 0 Å². The highest BCUT2D eigenvalue weighted by Gasteiger charge is 2.26. The summed E-state index contributed by atoms with van der Waals surface area (Å²) < 4.78 is 22.9. The van der Waals surface area contributed by atoms with E-state index in [4.69, 9.17) is 9.72 Å².